The van der Waals surface area contributed by atoms with Crippen LogP contribution in [0.5, 0.6) is 5.75 Å². The molecule has 1 fully saturated rings. The SMILES string of the molecule is COc1cccc(C2CC(F)c3nc(C(=O)C4CC4)nn32)c1. The van der Waals surface area contributed by atoms with Gasteiger partial charge in [0.05, 0.1) is 13.2 Å². The molecule has 4 rings (SSSR count). The van der Waals surface area contributed by atoms with Crippen LogP contribution in [0.4, 0.5) is 4.39 Å². The first kappa shape index (κ1) is 13.4. The molecule has 1 aromatic heterocycles. The van der Waals surface area contributed by atoms with Gasteiger partial charge >= 0.3 is 0 Å². The molecule has 2 aliphatic rings. The smallest absolute Gasteiger partial charge is 0.217 e. The monoisotopic (exact) mass is 301 g/mol. The molecule has 0 radical (unpaired) electrons. The van der Waals surface area contributed by atoms with E-state index in [1.807, 2.05) is 24.3 Å². The number of ether oxygens (including phenoxy) is 1. The molecule has 1 aliphatic heterocycles. The predicted molar refractivity (Wildman–Crippen MR) is 76.7 cm³/mol. The summed E-state index contributed by atoms with van der Waals surface area (Å²) < 4.78 is 21.0. The van der Waals surface area contributed by atoms with Crippen LogP contribution < -0.4 is 4.74 Å². The maximum atomic E-state index is 14.3. The summed E-state index contributed by atoms with van der Waals surface area (Å²) in [6.07, 6.45) is 0.882. The van der Waals surface area contributed by atoms with E-state index in [1.54, 1.807) is 11.8 Å². The highest BCUT2D eigenvalue weighted by atomic mass is 19.1. The van der Waals surface area contributed by atoms with Gasteiger partial charge in [-0.05, 0) is 30.5 Å². The summed E-state index contributed by atoms with van der Waals surface area (Å²) >= 11 is 0. The van der Waals surface area contributed by atoms with Crippen molar-refractivity contribution in [2.45, 2.75) is 31.5 Å². The Bertz CT molecular complexity index is 739. The van der Waals surface area contributed by atoms with Gasteiger partial charge in [0, 0.05) is 12.3 Å². The van der Waals surface area contributed by atoms with Crippen molar-refractivity contribution in [1.82, 2.24) is 14.8 Å². The average molecular weight is 301 g/mol. The molecule has 0 amide bonds. The zero-order chi connectivity index (χ0) is 15.3. The van der Waals surface area contributed by atoms with Gasteiger partial charge in [-0.15, -0.1) is 5.10 Å². The van der Waals surface area contributed by atoms with Gasteiger partial charge in [0.15, 0.2) is 12.0 Å². The van der Waals surface area contributed by atoms with Gasteiger partial charge in [0.25, 0.3) is 0 Å². The fraction of sp³-hybridized carbons (Fsp3) is 0.438. The van der Waals surface area contributed by atoms with Crippen LogP contribution in [0.25, 0.3) is 0 Å². The van der Waals surface area contributed by atoms with Crippen LogP contribution in [0.3, 0.4) is 0 Å². The number of halogens is 1. The Kier molecular flexibility index (Phi) is 2.99. The number of methoxy groups -OCH3 is 1. The number of carbonyl (C=O) groups is 1. The molecule has 22 heavy (non-hydrogen) atoms. The van der Waals surface area contributed by atoms with Crippen molar-refractivity contribution in [3.8, 4) is 5.75 Å². The van der Waals surface area contributed by atoms with Gasteiger partial charge in [0.2, 0.25) is 11.6 Å². The Morgan fingerprint density at radius 1 is 1.41 bits per heavy atom. The highest BCUT2D eigenvalue weighted by Gasteiger charge is 2.39. The number of benzene rings is 1. The quantitative estimate of drug-likeness (QED) is 0.815. The third kappa shape index (κ3) is 2.10. The van der Waals surface area contributed by atoms with Crippen LogP contribution in [0.15, 0.2) is 24.3 Å². The number of alkyl halides is 1. The second-order valence-electron chi connectivity index (χ2n) is 5.87. The fourth-order valence-corrected chi connectivity index (χ4v) is 2.94. The van der Waals surface area contributed by atoms with Crippen LogP contribution in [-0.4, -0.2) is 27.7 Å². The van der Waals surface area contributed by atoms with Crippen molar-refractivity contribution >= 4 is 5.78 Å². The summed E-state index contributed by atoms with van der Waals surface area (Å²) in [6.45, 7) is 0. The number of fused-ring (bicyclic) bond motifs is 1. The number of carbonyl (C=O) groups excluding carboxylic acids is 1. The molecule has 2 unspecified atom stereocenters. The van der Waals surface area contributed by atoms with Gasteiger partial charge in [0.1, 0.15) is 5.75 Å². The highest BCUT2D eigenvalue weighted by molar-refractivity contribution is 5.95. The van der Waals surface area contributed by atoms with E-state index in [-0.39, 0.29) is 29.4 Å². The molecule has 0 N–H and O–H groups in total. The second-order valence-corrected chi connectivity index (χ2v) is 5.87. The minimum atomic E-state index is -1.19. The Morgan fingerprint density at radius 3 is 2.95 bits per heavy atom. The summed E-state index contributed by atoms with van der Waals surface area (Å²) in [5.74, 6) is 1.12. The van der Waals surface area contributed by atoms with Crippen LogP contribution in [0.1, 0.15) is 53.5 Å². The highest BCUT2D eigenvalue weighted by Crippen LogP contribution is 2.41. The third-order valence-corrected chi connectivity index (χ3v) is 4.31. The number of hydrogen-bond donors (Lipinski definition) is 0. The van der Waals surface area contributed by atoms with Gasteiger partial charge in [-0.2, -0.15) is 0 Å². The molecule has 0 saturated heterocycles. The largest absolute Gasteiger partial charge is 0.497 e. The summed E-state index contributed by atoms with van der Waals surface area (Å²) in [7, 11) is 1.60. The summed E-state index contributed by atoms with van der Waals surface area (Å²) in [5.41, 5.74) is 0.913. The Hall–Kier alpha value is -2.24. The van der Waals surface area contributed by atoms with E-state index in [9.17, 15) is 9.18 Å². The Morgan fingerprint density at radius 2 is 2.23 bits per heavy atom. The molecule has 1 aliphatic carbocycles. The molecule has 5 nitrogen and oxygen atoms in total. The van der Waals surface area contributed by atoms with E-state index >= 15 is 0 Å². The molecular formula is C16H16FN3O2. The maximum absolute atomic E-state index is 14.3. The maximum Gasteiger partial charge on any atom is 0.217 e. The molecule has 114 valence electrons. The molecular weight excluding hydrogens is 285 g/mol. The van der Waals surface area contributed by atoms with E-state index in [0.717, 1.165) is 24.2 Å². The Labute approximate surface area is 127 Å². The predicted octanol–water partition coefficient (Wildman–Crippen LogP) is 2.88. The minimum absolute atomic E-state index is 0.0384. The van der Waals surface area contributed by atoms with E-state index in [0.29, 0.717) is 6.42 Å². The second kappa shape index (κ2) is 4.90. The Balaban J connectivity index is 1.71. The van der Waals surface area contributed by atoms with Crippen LogP contribution in [0.2, 0.25) is 0 Å². The van der Waals surface area contributed by atoms with Gasteiger partial charge < -0.3 is 4.74 Å². The molecule has 1 saturated carbocycles. The van der Waals surface area contributed by atoms with Crippen molar-refractivity contribution in [2.24, 2.45) is 5.92 Å². The van der Waals surface area contributed by atoms with Gasteiger partial charge in [-0.3, -0.25) is 4.79 Å². The topological polar surface area (TPSA) is 57.0 Å². The fourth-order valence-electron chi connectivity index (χ4n) is 2.94. The summed E-state index contributed by atoms with van der Waals surface area (Å²) in [5, 5.41) is 4.29. The average Bonchev–Trinajstić information content (AvgIpc) is 3.22. The lowest BCUT2D eigenvalue weighted by molar-refractivity contribution is 0.0956. The van der Waals surface area contributed by atoms with Crippen LogP contribution in [-0.2, 0) is 0 Å². The first-order valence-electron chi connectivity index (χ1n) is 7.46. The lowest BCUT2D eigenvalue weighted by Gasteiger charge is -2.12. The zero-order valence-electron chi connectivity index (χ0n) is 12.2. The first-order valence-corrected chi connectivity index (χ1v) is 7.46. The summed E-state index contributed by atoms with van der Waals surface area (Å²) in [6, 6.07) is 7.26. The van der Waals surface area contributed by atoms with Gasteiger partial charge in [-0.25, -0.2) is 14.1 Å². The number of nitrogens with zero attached hydrogens (tertiary/aromatic N) is 3. The van der Waals surface area contributed by atoms with Crippen molar-refractivity contribution in [2.75, 3.05) is 7.11 Å². The normalized spacial score (nSPS) is 23.4. The molecule has 2 aromatic rings. The lowest BCUT2D eigenvalue weighted by atomic mass is 10.0. The number of ketones is 1. The number of hydrogen-bond acceptors (Lipinski definition) is 4. The number of rotatable bonds is 4. The zero-order valence-corrected chi connectivity index (χ0v) is 12.2. The van der Waals surface area contributed by atoms with E-state index in [4.69, 9.17) is 4.74 Å². The molecule has 2 heterocycles. The molecule has 0 bridgehead atoms. The van der Waals surface area contributed by atoms with Crippen molar-refractivity contribution in [3.63, 3.8) is 0 Å². The minimum Gasteiger partial charge on any atom is -0.497 e. The number of Topliss-reactive ketones (excluding diaryl/α,β-unsaturated/α-hetero) is 1. The molecule has 1 aromatic carbocycles. The number of aromatic nitrogens is 3. The van der Waals surface area contributed by atoms with Crippen molar-refractivity contribution in [3.05, 3.63) is 41.5 Å². The third-order valence-electron chi connectivity index (χ3n) is 4.31. The van der Waals surface area contributed by atoms with E-state index < -0.39 is 6.17 Å². The standard InChI is InChI=1S/C16H16FN3O2/c1-22-11-4-2-3-10(7-11)13-8-12(17)16-18-15(19-20(13)16)14(21)9-5-6-9/h2-4,7,9,12-13H,5-6,8H2,1H3. The van der Waals surface area contributed by atoms with E-state index in [1.165, 1.54) is 0 Å². The molecule has 2 atom stereocenters. The lowest BCUT2D eigenvalue weighted by Crippen LogP contribution is -2.10. The van der Waals surface area contributed by atoms with Crippen LogP contribution in [0, 0.1) is 5.92 Å². The molecule has 0 spiro atoms. The van der Waals surface area contributed by atoms with Gasteiger partial charge in [-0.1, -0.05) is 12.1 Å². The van der Waals surface area contributed by atoms with Crippen LogP contribution >= 0.6 is 0 Å². The molecule has 6 heteroatoms. The van der Waals surface area contributed by atoms with Crippen molar-refractivity contribution in [1.29, 1.82) is 0 Å². The summed E-state index contributed by atoms with van der Waals surface area (Å²) in [4.78, 5) is 16.2. The van der Waals surface area contributed by atoms with Crippen molar-refractivity contribution < 1.29 is 13.9 Å². The first-order chi connectivity index (χ1) is 10.7. The van der Waals surface area contributed by atoms with E-state index in [2.05, 4.69) is 10.1 Å².